The van der Waals surface area contributed by atoms with Crippen molar-refractivity contribution in [3.63, 3.8) is 0 Å². The van der Waals surface area contributed by atoms with Crippen molar-refractivity contribution in [2.45, 2.75) is 52.9 Å². The Labute approximate surface area is 106 Å². The molecule has 17 heavy (non-hydrogen) atoms. The van der Waals surface area contributed by atoms with Gasteiger partial charge in [0.1, 0.15) is 0 Å². The van der Waals surface area contributed by atoms with E-state index in [0.717, 1.165) is 31.3 Å². The third-order valence-electron chi connectivity index (χ3n) is 3.67. The van der Waals surface area contributed by atoms with Crippen molar-refractivity contribution >= 4 is 5.91 Å². The first kappa shape index (κ1) is 14.3. The number of allylic oxidation sites excluding steroid dienone is 2. The van der Waals surface area contributed by atoms with Crippen molar-refractivity contribution in [2.24, 2.45) is 11.8 Å². The molecule has 0 aromatic carbocycles. The highest BCUT2D eigenvalue weighted by Crippen LogP contribution is 2.42. The molecule has 2 heteroatoms. The lowest BCUT2D eigenvalue weighted by Crippen LogP contribution is -2.32. The standard InChI is InChI=1S/C15H27NO/c1-4-7-8-9-10-13-11-14(13)12-16(6-3)15(17)5-2/h7-8,13-14H,4-6,9-12H2,1-3H3/b8-7-/t13-,14-/m0/s1. The molecule has 1 rings (SSSR count). The van der Waals surface area contributed by atoms with Gasteiger partial charge in [-0.05, 0) is 44.4 Å². The van der Waals surface area contributed by atoms with E-state index >= 15 is 0 Å². The van der Waals surface area contributed by atoms with Crippen LogP contribution in [0.2, 0.25) is 0 Å². The van der Waals surface area contributed by atoms with Crippen LogP contribution in [-0.4, -0.2) is 23.9 Å². The van der Waals surface area contributed by atoms with Crippen LogP contribution in [0, 0.1) is 11.8 Å². The number of nitrogens with zero attached hydrogens (tertiary/aromatic N) is 1. The van der Waals surface area contributed by atoms with Crippen molar-refractivity contribution in [1.82, 2.24) is 4.90 Å². The van der Waals surface area contributed by atoms with Crippen LogP contribution in [0.1, 0.15) is 52.9 Å². The Kier molecular flexibility index (Phi) is 6.31. The van der Waals surface area contributed by atoms with E-state index in [0.29, 0.717) is 12.3 Å². The van der Waals surface area contributed by atoms with Gasteiger partial charge >= 0.3 is 0 Å². The summed E-state index contributed by atoms with van der Waals surface area (Å²) in [6.45, 7) is 8.06. The zero-order valence-electron chi connectivity index (χ0n) is 11.6. The first-order valence-electron chi connectivity index (χ1n) is 7.15. The van der Waals surface area contributed by atoms with Crippen LogP contribution in [0.15, 0.2) is 12.2 Å². The van der Waals surface area contributed by atoms with Gasteiger partial charge in [0.15, 0.2) is 0 Å². The fourth-order valence-corrected chi connectivity index (χ4v) is 2.40. The average Bonchev–Trinajstić information content (AvgIpc) is 3.09. The van der Waals surface area contributed by atoms with Crippen LogP contribution in [0.5, 0.6) is 0 Å². The van der Waals surface area contributed by atoms with E-state index < -0.39 is 0 Å². The summed E-state index contributed by atoms with van der Waals surface area (Å²) in [6, 6.07) is 0. The third kappa shape index (κ3) is 4.93. The van der Waals surface area contributed by atoms with Gasteiger partial charge < -0.3 is 4.90 Å². The molecule has 1 fully saturated rings. The molecule has 0 unspecified atom stereocenters. The zero-order valence-corrected chi connectivity index (χ0v) is 11.6. The highest BCUT2D eigenvalue weighted by Gasteiger charge is 2.37. The molecular weight excluding hydrogens is 210 g/mol. The second-order valence-corrected chi connectivity index (χ2v) is 5.00. The molecule has 0 aromatic rings. The molecule has 0 spiro atoms. The molecule has 0 saturated heterocycles. The Morgan fingerprint density at radius 2 is 2.00 bits per heavy atom. The van der Waals surface area contributed by atoms with Gasteiger partial charge in [-0.2, -0.15) is 0 Å². The van der Waals surface area contributed by atoms with Crippen molar-refractivity contribution in [3.8, 4) is 0 Å². The maximum Gasteiger partial charge on any atom is 0.222 e. The van der Waals surface area contributed by atoms with Crippen molar-refractivity contribution in [3.05, 3.63) is 12.2 Å². The summed E-state index contributed by atoms with van der Waals surface area (Å²) in [6.07, 6.45) is 10.2. The quantitative estimate of drug-likeness (QED) is 0.590. The minimum atomic E-state index is 0.309. The minimum Gasteiger partial charge on any atom is -0.343 e. The third-order valence-corrected chi connectivity index (χ3v) is 3.67. The average molecular weight is 237 g/mol. The second-order valence-electron chi connectivity index (χ2n) is 5.00. The molecule has 0 aliphatic heterocycles. The summed E-state index contributed by atoms with van der Waals surface area (Å²) in [5.74, 6) is 1.96. The summed E-state index contributed by atoms with van der Waals surface area (Å²) in [5, 5.41) is 0. The molecule has 0 aromatic heterocycles. The van der Waals surface area contributed by atoms with Crippen LogP contribution < -0.4 is 0 Å². The largest absolute Gasteiger partial charge is 0.343 e. The lowest BCUT2D eigenvalue weighted by Gasteiger charge is -2.20. The van der Waals surface area contributed by atoms with Gasteiger partial charge in [0.05, 0.1) is 0 Å². The SMILES string of the molecule is CC/C=C\CC[C@H]1C[C@H]1CN(CC)C(=O)CC. The second kappa shape index (κ2) is 7.52. The van der Waals surface area contributed by atoms with Crippen LogP contribution in [-0.2, 0) is 4.79 Å². The number of hydrogen-bond acceptors (Lipinski definition) is 1. The molecule has 0 bridgehead atoms. The molecule has 0 heterocycles. The minimum absolute atomic E-state index is 0.309. The van der Waals surface area contributed by atoms with Gasteiger partial charge in [-0.15, -0.1) is 0 Å². The zero-order chi connectivity index (χ0) is 12.7. The van der Waals surface area contributed by atoms with Crippen LogP contribution in [0.4, 0.5) is 0 Å². The Morgan fingerprint density at radius 1 is 1.24 bits per heavy atom. The monoisotopic (exact) mass is 237 g/mol. The Morgan fingerprint density at radius 3 is 2.59 bits per heavy atom. The molecule has 98 valence electrons. The molecule has 0 radical (unpaired) electrons. The van der Waals surface area contributed by atoms with Gasteiger partial charge in [0, 0.05) is 19.5 Å². The van der Waals surface area contributed by atoms with Crippen molar-refractivity contribution in [2.75, 3.05) is 13.1 Å². The van der Waals surface area contributed by atoms with Gasteiger partial charge in [0.25, 0.3) is 0 Å². The van der Waals surface area contributed by atoms with Crippen molar-refractivity contribution < 1.29 is 4.79 Å². The first-order valence-corrected chi connectivity index (χ1v) is 7.15. The van der Waals surface area contributed by atoms with Crippen LogP contribution in [0.25, 0.3) is 0 Å². The Balaban J connectivity index is 2.18. The number of carbonyl (C=O) groups excluding carboxylic acids is 1. The molecule has 1 aliphatic carbocycles. The molecule has 1 saturated carbocycles. The van der Waals surface area contributed by atoms with Gasteiger partial charge in [0.2, 0.25) is 5.91 Å². The summed E-state index contributed by atoms with van der Waals surface area (Å²) < 4.78 is 0. The first-order chi connectivity index (χ1) is 8.22. The highest BCUT2D eigenvalue weighted by atomic mass is 16.2. The predicted octanol–water partition coefficient (Wildman–Crippen LogP) is 3.63. The van der Waals surface area contributed by atoms with E-state index in [1.165, 1.54) is 19.3 Å². The maximum absolute atomic E-state index is 11.6. The summed E-state index contributed by atoms with van der Waals surface area (Å²) in [5.41, 5.74) is 0. The topological polar surface area (TPSA) is 20.3 Å². The van der Waals surface area contributed by atoms with E-state index in [-0.39, 0.29) is 0 Å². The number of amides is 1. The van der Waals surface area contributed by atoms with E-state index in [9.17, 15) is 4.79 Å². The fourth-order valence-electron chi connectivity index (χ4n) is 2.40. The Bertz CT molecular complexity index is 260. The number of carbonyl (C=O) groups is 1. The van der Waals surface area contributed by atoms with Gasteiger partial charge in [-0.25, -0.2) is 0 Å². The molecule has 1 amide bonds. The van der Waals surface area contributed by atoms with E-state index in [2.05, 4.69) is 26.0 Å². The molecular formula is C15H27NO. The molecule has 2 atom stereocenters. The molecule has 1 aliphatic rings. The molecule has 0 N–H and O–H groups in total. The predicted molar refractivity (Wildman–Crippen MR) is 72.8 cm³/mol. The summed E-state index contributed by atoms with van der Waals surface area (Å²) in [4.78, 5) is 13.6. The normalized spacial score (nSPS) is 23.0. The number of rotatable bonds is 8. The van der Waals surface area contributed by atoms with E-state index in [4.69, 9.17) is 0 Å². The van der Waals surface area contributed by atoms with Crippen molar-refractivity contribution in [1.29, 1.82) is 0 Å². The highest BCUT2D eigenvalue weighted by molar-refractivity contribution is 5.75. The van der Waals surface area contributed by atoms with Gasteiger partial charge in [-0.3, -0.25) is 4.79 Å². The molecule has 2 nitrogen and oxygen atoms in total. The van der Waals surface area contributed by atoms with E-state index in [1.54, 1.807) is 0 Å². The summed E-state index contributed by atoms with van der Waals surface area (Å²) in [7, 11) is 0. The lowest BCUT2D eigenvalue weighted by molar-refractivity contribution is -0.130. The Hall–Kier alpha value is -0.790. The smallest absolute Gasteiger partial charge is 0.222 e. The van der Waals surface area contributed by atoms with Crippen LogP contribution in [0.3, 0.4) is 0 Å². The fraction of sp³-hybridized carbons (Fsp3) is 0.800. The summed E-state index contributed by atoms with van der Waals surface area (Å²) >= 11 is 0. The van der Waals surface area contributed by atoms with E-state index in [1.807, 2.05) is 11.8 Å². The lowest BCUT2D eigenvalue weighted by atomic mass is 10.1. The van der Waals surface area contributed by atoms with Crippen LogP contribution >= 0.6 is 0 Å². The maximum atomic E-state index is 11.6. The van der Waals surface area contributed by atoms with Gasteiger partial charge in [-0.1, -0.05) is 26.0 Å². The number of hydrogen-bond donors (Lipinski definition) is 0.